The van der Waals surface area contributed by atoms with Gasteiger partial charge < -0.3 is 10.8 Å². The van der Waals surface area contributed by atoms with E-state index in [1.165, 1.54) is 0 Å². The van der Waals surface area contributed by atoms with E-state index in [-0.39, 0.29) is 11.0 Å². The molecule has 0 heterocycles. The van der Waals surface area contributed by atoms with Crippen LogP contribution in [0.15, 0.2) is 36.4 Å². The van der Waals surface area contributed by atoms with Crippen LogP contribution in [0.1, 0.15) is 32.3 Å². The van der Waals surface area contributed by atoms with Crippen LogP contribution in [0.4, 0.5) is 0 Å². The number of rotatable bonds is 2. The first-order valence-electron chi connectivity index (χ1n) is 6.46. The summed E-state index contributed by atoms with van der Waals surface area (Å²) >= 11 is 0. The molecule has 2 nitrogen and oxygen atoms in total. The van der Waals surface area contributed by atoms with Crippen molar-refractivity contribution in [2.45, 2.75) is 37.6 Å². The van der Waals surface area contributed by atoms with E-state index in [1.54, 1.807) is 6.07 Å². The lowest BCUT2D eigenvalue weighted by Crippen LogP contribution is -2.43. The molecule has 0 saturated heterocycles. The summed E-state index contributed by atoms with van der Waals surface area (Å²) < 4.78 is 0. The van der Waals surface area contributed by atoms with Crippen molar-refractivity contribution < 1.29 is 5.11 Å². The molecule has 94 valence electrons. The van der Waals surface area contributed by atoms with Gasteiger partial charge in [0.2, 0.25) is 0 Å². The van der Waals surface area contributed by atoms with E-state index < -0.39 is 0 Å². The maximum Gasteiger partial charge on any atom is 0.120 e. The molecular formula is C16H19NO. The number of fused-ring (bicyclic) bond motifs is 1. The van der Waals surface area contributed by atoms with Gasteiger partial charge >= 0.3 is 0 Å². The molecule has 1 aliphatic rings. The SMILES string of the molecule is CC(C)(c1c(O)ccc2ccccc12)C1(N)CC1. The van der Waals surface area contributed by atoms with Crippen LogP contribution in [0.25, 0.3) is 10.8 Å². The Morgan fingerprint density at radius 1 is 1.11 bits per heavy atom. The van der Waals surface area contributed by atoms with Gasteiger partial charge in [-0.05, 0) is 29.7 Å². The smallest absolute Gasteiger partial charge is 0.120 e. The van der Waals surface area contributed by atoms with Crippen molar-refractivity contribution in [3.8, 4) is 5.75 Å². The van der Waals surface area contributed by atoms with E-state index in [2.05, 4.69) is 26.0 Å². The molecule has 2 aromatic carbocycles. The molecule has 1 aliphatic carbocycles. The highest BCUT2D eigenvalue weighted by Crippen LogP contribution is 2.52. The largest absolute Gasteiger partial charge is 0.508 e. The summed E-state index contributed by atoms with van der Waals surface area (Å²) in [7, 11) is 0. The molecule has 1 saturated carbocycles. The summed E-state index contributed by atoms with van der Waals surface area (Å²) in [6, 6.07) is 11.9. The topological polar surface area (TPSA) is 46.2 Å². The molecular weight excluding hydrogens is 222 g/mol. The monoisotopic (exact) mass is 241 g/mol. The van der Waals surface area contributed by atoms with Gasteiger partial charge in [-0.25, -0.2) is 0 Å². The Bertz CT molecular complexity index is 612. The number of hydrogen-bond donors (Lipinski definition) is 2. The molecule has 3 rings (SSSR count). The first-order chi connectivity index (χ1) is 8.46. The van der Waals surface area contributed by atoms with E-state index in [9.17, 15) is 5.11 Å². The fourth-order valence-electron chi connectivity index (χ4n) is 2.93. The van der Waals surface area contributed by atoms with Gasteiger partial charge in [-0.1, -0.05) is 44.2 Å². The number of phenolic OH excluding ortho intramolecular Hbond substituents is 1. The third-order valence-electron chi connectivity index (χ3n) is 4.57. The summed E-state index contributed by atoms with van der Waals surface area (Å²) in [5.41, 5.74) is 7.01. The van der Waals surface area contributed by atoms with Crippen molar-refractivity contribution in [3.63, 3.8) is 0 Å². The summed E-state index contributed by atoms with van der Waals surface area (Å²) in [5, 5.41) is 12.5. The number of nitrogens with two attached hydrogens (primary N) is 1. The van der Waals surface area contributed by atoms with Crippen molar-refractivity contribution in [1.82, 2.24) is 0 Å². The van der Waals surface area contributed by atoms with Crippen LogP contribution in [0.2, 0.25) is 0 Å². The predicted octanol–water partition coefficient (Wildman–Crippen LogP) is 3.31. The molecule has 0 aliphatic heterocycles. The van der Waals surface area contributed by atoms with Gasteiger partial charge in [0.1, 0.15) is 5.75 Å². The Morgan fingerprint density at radius 3 is 2.44 bits per heavy atom. The second-order valence-electron chi connectivity index (χ2n) is 5.96. The summed E-state index contributed by atoms with van der Waals surface area (Å²) in [5.74, 6) is 0.357. The van der Waals surface area contributed by atoms with E-state index in [0.717, 1.165) is 29.2 Å². The van der Waals surface area contributed by atoms with Crippen LogP contribution in [-0.4, -0.2) is 10.6 Å². The molecule has 2 heteroatoms. The second-order valence-corrected chi connectivity index (χ2v) is 5.96. The Labute approximate surface area is 107 Å². The molecule has 0 atom stereocenters. The van der Waals surface area contributed by atoms with E-state index >= 15 is 0 Å². The quantitative estimate of drug-likeness (QED) is 0.847. The highest BCUT2D eigenvalue weighted by atomic mass is 16.3. The van der Waals surface area contributed by atoms with Gasteiger partial charge in [-0.2, -0.15) is 0 Å². The molecule has 0 bridgehead atoms. The van der Waals surface area contributed by atoms with E-state index in [1.807, 2.05) is 18.2 Å². The zero-order valence-electron chi connectivity index (χ0n) is 10.9. The zero-order chi connectivity index (χ0) is 13.0. The second kappa shape index (κ2) is 3.48. The number of aromatic hydroxyl groups is 1. The van der Waals surface area contributed by atoms with Crippen LogP contribution in [-0.2, 0) is 5.41 Å². The number of benzene rings is 2. The molecule has 0 radical (unpaired) electrons. The first-order valence-corrected chi connectivity index (χ1v) is 6.46. The molecule has 0 aromatic heterocycles. The Kier molecular flexibility index (Phi) is 2.23. The zero-order valence-corrected chi connectivity index (χ0v) is 10.9. The van der Waals surface area contributed by atoms with Gasteiger partial charge in [0, 0.05) is 16.5 Å². The molecule has 0 amide bonds. The van der Waals surface area contributed by atoms with Crippen molar-refractivity contribution >= 4 is 10.8 Å². The molecule has 3 N–H and O–H groups in total. The van der Waals surface area contributed by atoms with Crippen LogP contribution in [0, 0.1) is 0 Å². The molecule has 0 unspecified atom stereocenters. The predicted molar refractivity (Wildman–Crippen MR) is 74.8 cm³/mol. The van der Waals surface area contributed by atoms with Gasteiger partial charge in [-0.15, -0.1) is 0 Å². The number of hydrogen-bond acceptors (Lipinski definition) is 2. The third kappa shape index (κ3) is 1.45. The summed E-state index contributed by atoms with van der Waals surface area (Å²) in [4.78, 5) is 0. The van der Waals surface area contributed by atoms with E-state index in [0.29, 0.717) is 5.75 Å². The minimum absolute atomic E-state index is 0.172. The van der Waals surface area contributed by atoms with Crippen molar-refractivity contribution in [3.05, 3.63) is 42.0 Å². The summed E-state index contributed by atoms with van der Waals surface area (Å²) in [6.07, 6.45) is 2.06. The average Bonchev–Trinajstić information content (AvgIpc) is 3.08. The Balaban J connectivity index is 2.31. The normalized spacial score (nSPS) is 17.9. The Hall–Kier alpha value is -1.54. The number of phenols is 1. The highest BCUT2D eigenvalue weighted by molar-refractivity contribution is 5.89. The minimum atomic E-state index is -0.210. The molecule has 2 aromatic rings. The highest BCUT2D eigenvalue weighted by Gasteiger charge is 2.53. The van der Waals surface area contributed by atoms with Crippen LogP contribution < -0.4 is 5.73 Å². The fourth-order valence-corrected chi connectivity index (χ4v) is 2.93. The standard InChI is InChI=1S/C16H19NO/c1-15(2,16(17)9-10-16)14-12-6-4-3-5-11(12)7-8-13(14)18/h3-8,18H,9-10,17H2,1-2H3. The van der Waals surface area contributed by atoms with Gasteiger partial charge in [0.15, 0.2) is 0 Å². The minimum Gasteiger partial charge on any atom is -0.508 e. The van der Waals surface area contributed by atoms with Gasteiger partial charge in [-0.3, -0.25) is 0 Å². The Morgan fingerprint density at radius 2 is 1.78 bits per heavy atom. The lowest BCUT2D eigenvalue weighted by molar-refractivity contribution is 0.370. The average molecular weight is 241 g/mol. The van der Waals surface area contributed by atoms with Crippen LogP contribution in [0.5, 0.6) is 5.75 Å². The van der Waals surface area contributed by atoms with Gasteiger partial charge in [0.05, 0.1) is 0 Å². The van der Waals surface area contributed by atoms with Gasteiger partial charge in [0.25, 0.3) is 0 Å². The van der Waals surface area contributed by atoms with Crippen molar-refractivity contribution in [1.29, 1.82) is 0 Å². The van der Waals surface area contributed by atoms with Crippen LogP contribution >= 0.6 is 0 Å². The van der Waals surface area contributed by atoms with Crippen molar-refractivity contribution in [2.24, 2.45) is 5.73 Å². The maximum atomic E-state index is 10.3. The fraction of sp³-hybridized carbons (Fsp3) is 0.375. The summed E-state index contributed by atoms with van der Waals surface area (Å²) in [6.45, 7) is 4.28. The maximum absolute atomic E-state index is 10.3. The lowest BCUT2D eigenvalue weighted by atomic mass is 9.73. The third-order valence-corrected chi connectivity index (χ3v) is 4.57. The molecule has 1 fully saturated rings. The lowest BCUT2D eigenvalue weighted by Gasteiger charge is -2.34. The first kappa shape index (κ1) is 11.5. The molecule has 0 spiro atoms. The molecule has 18 heavy (non-hydrogen) atoms. The van der Waals surface area contributed by atoms with Crippen LogP contribution in [0.3, 0.4) is 0 Å². The van der Waals surface area contributed by atoms with Crippen molar-refractivity contribution in [2.75, 3.05) is 0 Å². The van der Waals surface area contributed by atoms with E-state index in [4.69, 9.17) is 5.73 Å².